The minimum Gasteiger partial charge on any atom is -0.0979 e. The van der Waals surface area contributed by atoms with Crippen molar-refractivity contribution in [3.63, 3.8) is 0 Å². The Balaban J connectivity index is 2.59. The Kier molecular flexibility index (Phi) is 3.28. The fraction of sp³-hybridized carbons (Fsp3) is 0.273. The molecular weight excluding hydrogens is 132 g/mol. The molecule has 0 saturated carbocycles. The monoisotopic (exact) mass is 144 g/mol. The van der Waals surface area contributed by atoms with E-state index in [1.807, 2.05) is 30.3 Å². The Labute approximate surface area is 68.3 Å². The number of rotatable bonds is 1. The molecule has 0 radical (unpaired) electrons. The third-order valence-corrected chi connectivity index (χ3v) is 1.38. The van der Waals surface area contributed by atoms with Crippen LogP contribution in [0.3, 0.4) is 0 Å². The fourth-order valence-corrected chi connectivity index (χ4v) is 0.811. The van der Waals surface area contributed by atoms with Crippen molar-refractivity contribution in [3.05, 3.63) is 35.9 Å². The molecule has 0 atom stereocenters. The Hall–Kier alpha value is -1.22. The van der Waals surface area contributed by atoms with Crippen LogP contribution >= 0.6 is 0 Å². The van der Waals surface area contributed by atoms with Gasteiger partial charge in [-0.1, -0.05) is 37.0 Å². The first-order valence-corrected chi connectivity index (χ1v) is 3.97. The Morgan fingerprint density at radius 2 is 1.91 bits per heavy atom. The molecule has 0 unspecified atom stereocenters. The van der Waals surface area contributed by atoms with Crippen LogP contribution in [0.2, 0.25) is 0 Å². The summed E-state index contributed by atoms with van der Waals surface area (Å²) in [4.78, 5) is 0. The molecule has 0 aliphatic rings. The zero-order chi connectivity index (χ0) is 7.94. The maximum absolute atomic E-state index is 3.10. The van der Waals surface area contributed by atoms with Gasteiger partial charge in [-0.3, -0.25) is 0 Å². The van der Waals surface area contributed by atoms with Crippen molar-refractivity contribution in [1.29, 1.82) is 0 Å². The maximum atomic E-state index is 3.10. The first kappa shape index (κ1) is 7.88. The van der Waals surface area contributed by atoms with Crippen LogP contribution in [0.25, 0.3) is 0 Å². The zero-order valence-electron chi connectivity index (χ0n) is 6.80. The van der Waals surface area contributed by atoms with Crippen LogP contribution < -0.4 is 0 Å². The molecule has 0 bridgehead atoms. The molecule has 0 heteroatoms. The van der Waals surface area contributed by atoms with Crippen LogP contribution in [0.4, 0.5) is 0 Å². The molecule has 0 aromatic heterocycles. The van der Waals surface area contributed by atoms with Gasteiger partial charge in [-0.15, -0.1) is 0 Å². The highest BCUT2D eigenvalue weighted by Crippen LogP contribution is 1.95. The molecule has 0 aliphatic heterocycles. The van der Waals surface area contributed by atoms with Crippen LogP contribution in [0.15, 0.2) is 30.3 Å². The molecule has 11 heavy (non-hydrogen) atoms. The second kappa shape index (κ2) is 4.57. The third-order valence-electron chi connectivity index (χ3n) is 1.38. The van der Waals surface area contributed by atoms with Crippen LogP contribution in [-0.4, -0.2) is 0 Å². The molecule has 0 spiro atoms. The lowest BCUT2D eigenvalue weighted by Crippen LogP contribution is -1.70. The van der Waals surface area contributed by atoms with Gasteiger partial charge in [0, 0.05) is 12.0 Å². The second-order valence-corrected chi connectivity index (χ2v) is 2.42. The standard InChI is InChI=1S/C11H12/c1-2-3-5-8-11-9-6-4-7-10-11/h4,6-7,9-10H,2-3H2,1H3. The highest BCUT2D eigenvalue weighted by Gasteiger charge is 1.79. The van der Waals surface area contributed by atoms with Gasteiger partial charge in [-0.05, 0) is 18.6 Å². The van der Waals surface area contributed by atoms with Gasteiger partial charge in [0.25, 0.3) is 0 Å². The van der Waals surface area contributed by atoms with Crippen molar-refractivity contribution in [1.82, 2.24) is 0 Å². The van der Waals surface area contributed by atoms with E-state index in [2.05, 4.69) is 18.8 Å². The molecule has 0 saturated heterocycles. The average Bonchev–Trinajstić information content (AvgIpc) is 2.07. The van der Waals surface area contributed by atoms with E-state index in [0.29, 0.717) is 0 Å². The van der Waals surface area contributed by atoms with Crippen molar-refractivity contribution in [2.45, 2.75) is 19.8 Å². The van der Waals surface area contributed by atoms with Crippen LogP contribution in [0, 0.1) is 11.8 Å². The van der Waals surface area contributed by atoms with Gasteiger partial charge in [0.1, 0.15) is 0 Å². The highest BCUT2D eigenvalue weighted by atomic mass is 13.8. The van der Waals surface area contributed by atoms with Gasteiger partial charge in [0.2, 0.25) is 0 Å². The van der Waals surface area contributed by atoms with E-state index in [4.69, 9.17) is 0 Å². The maximum Gasteiger partial charge on any atom is 0.0245 e. The van der Waals surface area contributed by atoms with E-state index in [1.54, 1.807) is 0 Å². The summed E-state index contributed by atoms with van der Waals surface area (Å²) in [5.41, 5.74) is 1.11. The first-order chi connectivity index (χ1) is 5.43. The van der Waals surface area contributed by atoms with Gasteiger partial charge in [-0.2, -0.15) is 0 Å². The molecule has 0 amide bonds. The summed E-state index contributed by atoms with van der Waals surface area (Å²) in [6.45, 7) is 2.14. The van der Waals surface area contributed by atoms with E-state index in [0.717, 1.165) is 18.4 Å². The molecule has 1 aromatic rings. The van der Waals surface area contributed by atoms with E-state index in [-0.39, 0.29) is 0 Å². The van der Waals surface area contributed by atoms with Crippen molar-refractivity contribution in [2.75, 3.05) is 0 Å². The smallest absolute Gasteiger partial charge is 0.0245 e. The van der Waals surface area contributed by atoms with Gasteiger partial charge in [0.15, 0.2) is 0 Å². The summed E-state index contributed by atoms with van der Waals surface area (Å²) in [5.74, 6) is 6.20. The van der Waals surface area contributed by atoms with Gasteiger partial charge < -0.3 is 0 Å². The van der Waals surface area contributed by atoms with Gasteiger partial charge in [0.05, 0.1) is 0 Å². The summed E-state index contributed by atoms with van der Waals surface area (Å²) in [6, 6.07) is 10.1. The quantitative estimate of drug-likeness (QED) is 0.532. The van der Waals surface area contributed by atoms with E-state index < -0.39 is 0 Å². The highest BCUT2D eigenvalue weighted by molar-refractivity contribution is 5.33. The van der Waals surface area contributed by atoms with Crippen LogP contribution in [0.5, 0.6) is 0 Å². The summed E-state index contributed by atoms with van der Waals surface area (Å²) in [6.07, 6.45) is 2.13. The minimum atomic E-state index is 0.995. The van der Waals surface area contributed by atoms with Crippen molar-refractivity contribution < 1.29 is 0 Å². The molecule has 0 nitrogen and oxygen atoms in total. The molecule has 0 heterocycles. The Morgan fingerprint density at radius 1 is 1.18 bits per heavy atom. The van der Waals surface area contributed by atoms with Crippen molar-refractivity contribution >= 4 is 0 Å². The largest absolute Gasteiger partial charge is 0.0979 e. The lowest BCUT2D eigenvalue weighted by atomic mass is 10.2. The average molecular weight is 144 g/mol. The number of benzene rings is 1. The first-order valence-electron chi connectivity index (χ1n) is 3.97. The minimum absolute atomic E-state index is 0.995. The summed E-state index contributed by atoms with van der Waals surface area (Å²) in [7, 11) is 0. The van der Waals surface area contributed by atoms with Crippen LogP contribution in [-0.2, 0) is 0 Å². The normalized spacial score (nSPS) is 8.45. The lowest BCUT2D eigenvalue weighted by molar-refractivity contribution is 0.983. The van der Waals surface area contributed by atoms with Crippen molar-refractivity contribution in [3.8, 4) is 11.8 Å². The summed E-state index contributed by atoms with van der Waals surface area (Å²) in [5, 5.41) is 0. The zero-order valence-corrected chi connectivity index (χ0v) is 6.80. The molecule has 1 aromatic carbocycles. The summed E-state index contributed by atoms with van der Waals surface area (Å²) < 4.78 is 0. The van der Waals surface area contributed by atoms with Crippen molar-refractivity contribution in [2.24, 2.45) is 0 Å². The molecule has 56 valence electrons. The molecule has 0 aliphatic carbocycles. The number of hydrogen-bond acceptors (Lipinski definition) is 0. The van der Waals surface area contributed by atoms with E-state index in [9.17, 15) is 0 Å². The molecule has 0 fully saturated rings. The fourth-order valence-electron chi connectivity index (χ4n) is 0.811. The second-order valence-electron chi connectivity index (χ2n) is 2.42. The Bertz CT molecular complexity index is 248. The SMILES string of the molecule is CCCC#Cc1ccccc1. The van der Waals surface area contributed by atoms with Gasteiger partial charge >= 0.3 is 0 Å². The summed E-state index contributed by atoms with van der Waals surface area (Å²) >= 11 is 0. The number of unbranched alkanes of at least 4 members (excludes halogenated alkanes) is 1. The third kappa shape index (κ3) is 2.91. The molecular formula is C11H12. The molecule has 0 N–H and O–H groups in total. The molecule has 1 rings (SSSR count). The van der Waals surface area contributed by atoms with E-state index in [1.165, 1.54) is 0 Å². The van der Waals surface area contributed by atoms with E-state index >= 15 is 0 Å². The number of hydrogen-bond donors (Lipinski definition) is 0. The Morgan fingerprint density at radius 3 is 2.55 bits per heavy atom. The topological polar surface area (TPSA) is 0 Å². The predicted molar refractivity (Wildman–Crippen MR) is 48.2 cm³/mol. The predicted octanol–water partition coefficient (Wildman–Crippen LogP) is 2.84. The van der Waals surface area contributed by atoms with Crippen LogP contribution in [0.1, 0.15) is 25.3 Å². The van der Waals surface area contributed by atoms with Gasteiger partial charge in [-0.25, -0.2) is 0 Å². The lowest BCUT2D eigenvalue weighted by Gasteiger charge is -1.85.